The molecule has 1 saturated heterocycles. The molecule has 1 aliphatic rings. The Morgan fingerprint density at radius 3 is 2.27 bits per heavy atom. The molecule has 3 aromatic rings. The van der Waals surface area contributed by atoms with Gasteiger partial charge in [0.25, 0.3) is 5.89 Å². The van der Waals surface area contributed by atoms with Gasteiger partial charge in [-0.3, -0.25) is 4.79 Å². The van der Waals surface area contributed by atoms with Crippen LogP contribution in [0.1, 0.15) is 38.9 Å². The Morgan fingerprint density at radius 1 is 1.03 bits per heavy atom. The number of halogens is 1. The van der Waals surface area contributed by atoms with Gasteiger partial charge >= 0.3 is 0 Å². The number of benzene rings is 2. The van der Waals surface area contributed by atoms with Gasteiger partial charge in [0.05, 0.1) is 19.8 Å². The zero-order valence-electron chi connectivity index (χ0n) is 18.8. The second-order valence-corrected chi connectivity index (χ2v) is 7.44. The second kappa shape index (κ2) is 9.89. The molecule has 1 aliphatic heterocycles. The molecule has 1 fully saturated rings. The molecule has 174 valence electrons. The van der Waals surface area contributed by atoms with Crippen LogP contribution in [0.2, 0.25) is 0 Å². The number of rotatable bonds is 9. The average molecular weight is 455 g/mol. The van der Waals surface area contributed by atoms with E-state index in [1.54, 1.807) is 29.2 Å². The summed E-state index contributed by atoms with van der Waals surface area (Å²) >= 11 is 0. The molecule has 0 saturated carbocycles. The van der Waals surface area contributed by atoms with Crippen LogP contribution in [0.25, 0.3) is 11.5 Å². The lowest BCUT2D eigenvalue weighted by Crippen LogP contribution is -2.24. The van der Waals surface area contributed by atoms with Gasteiger partial charge in [0.1, 0.15) is 5.82 Å². The molecule has 9 heteroatoms. The van der Waals surface area contributed by atoms with Gasteiger partial charge in [-0.1, -0.05) is 5.16 Å². The minimum atomic E-state index is -0.349. The number of hydrogen-bond acceptors (Lipinski definition) is 7. The first-order chi connectivity index (χ1) is 16.0. The van der Waals surface area contributed by atoms with Crippen LogP contribution in [0.3, 0.4) is 0 Å². The first-order valence-electron chi connectivity index (χ1n) is 11.0. The topological polar surface area (TPSA) is 86.9 Å². The fourth-order valence-electron chi connectivity index (χ4n) is 3.78. The highest BCUT2D eigenvalue weighted by Crippen LogP contribution is 2.42. The van der Waals surface area contributed by atoms with Crippen LogP contribution in [-0.2, 0) is 4.79 Å². The van der Waals surface area contributed by atoms with Crippen molar-refractivity contribution in [3.63, 3.8) is 0 Å². The molecule has 2 heterocycles. The number of ether oxygens (including phenoxy) is 3. The number of carbonyl (C=O) groups is 1. The summed E-state index contributed by atoms with van der Waals surface area (Å²) in [5.41, 5.74) is 1.27. The van der Waals surface area contributed by atoms with Crippen LogP contribution in [-0.4, -0.2) is 42.4 Å². The van der Waals surface area contributed by atoms with Crippen LogP contribution >= 0.6 is 0 Å². The molecular weight excluding hydrogens is 429 g/mol. The summed E-state index contributed by atoms with van der Waals surface area (Å²) in [4.78, 5) is 18.7. The van der Waals surface area contributed by atoms with E-state index in [1.165, 1.54) is 12.1 Å². The second-order valence-electron chi connectivity index (χ2n) is 7.44. The molecule has 0 spiro atoms. The lowest BCUT2D eigenvalue weighted by molar-refractivity contribution is -0.117. The lowest BCUT2D eigenvalue weighted by atomic mass is 10.1. The van der Waals surface area contributed by atoms with Crippen molar-refractivity contribution in [1.82, 2.24) is 10.1 Å². The molecule has 0 aliphatic carbocycles. The highest BCUT2D eigenvalue weighted by atomic mass is 19.1. The fraction of sp³-hybridized carbons (Fsp3) is 0.375. The number of anilines is 1. The largest absolute Gasteiger partial charge is 0.490 e. The van der Waals surface area contributed by atoms with Gasteiger partial charge in [0.2, 0.25) is 11.7 Å². The van der Waals surface area contributed by atoms with Crippen molar-refractivity contribution in [2.75, 3.05) is 31.3 Å². The van der Waals surface area contributed by atoms with Crippen LogP contribution in [0.15, 0.2) is 40.9 Å². The van der Waals surface area contributed by atoms with E-state index in [-0.39, 0.29) is 24.1 Å². The quantitative estimate of drug-likeness (QED) is 0.466. The predicted octanol–water partition coefficient (Wildman–Crippen LogP) is 4.59. The Balaban J connectivity index is 1.60. The lowest BCUT2D eigenvalue weighted by Gasteiger charge is -2.16. The number of nitrogens with zero attached hydrogens (tertiary/aromatic N) is 3. The number of carbonyl (C=O) groups excluding carboxylic acids is 1. The monoisotopic (exact) mass is 455 g/mol. The third-order valence-electron chi connectivity index (χ3n) is 5.23. The van der Waals surface area contributed by atoms with Crippen molar-refractivity contribution < 1.29 is 27.9 Å². The first-order valence-corrected chi connectivity index (χ1v) is 11.0. The molecule has 33 heavy (non-hydrogen) atoms. The van der Waals surface area contributed by atoms with Crippen LogP contribution in [0, 0.1) is 5.82 Å². The van der Waals surface area contributed by atoms with Crippen molar-refractivity contribution in [1.29, 1.82) is 0 Å². The van der Waals surface area contributed by atoms with Gasteiger partial charge in [0.15, 0.2) is 17.3 Å². The molecule has 1 aromatic heterocycles. The Hall–Kier alpha value is -3.62. The normalized spacial score (nSPS) is 15.7. The first kappa shape index (κ1) is 22.6. The molecular formula is C24H26FN3O5. The van der Waals surface area contributed by atoms with E-state index in [4.69, 9.17) is 18.7 Å². The maximum atomic E-state index is 13.2. The van der Waals surface area contributed by atoms with Crippen molar-refractivity contribution in [2.24, 2.45) is 0 Å². The van der Waals surface area contributed by atoms with Gasteiger partial charge in [-0.2, -0.15) is 4.98 Å². The molecule has 4 rings (SSSR count). The number of aromatic nitrogens is 2. The Kier molecular flexibility index (Phi) is 6.76. The van der Waals surface area contributed by atoms with Gasteiger partial charge in [0, 0.05) is 30.1 Å². The van der Waals surface area contributed by atoms with E-state index in [0.29, 0.717) is 66.6 Å². The highest BCUT2D eigenvalue weighted by molar-refractivity contribution is 5.96. The van der Waals surface area contributed by atoms with E-state index in [2.05, 4.69) is 10.1 Å². The van der Waals surface area contributed by atoms with Gasteiger partial charge in [-0.25, -0.2) is 4.39 Å². The Labute approximate surface area is 191 Å². The van der Waals surface area contributed by atoms with Gasteiger partial charge < -0.3 is 23.6 Å². The summed E-state index contributed by atoms with van der Waals surface area (Å²) in [5.74, 6) is 1.66. The standard InChI is InChI=1S/C24H26FN3O5/c1-4-30-19-11-15(12-20(31-5-2)22(19)32-6-3)24-26-23(27-33-24)16-13-21(29)28(14-16)18-9-7-17(25)8-10-18/h7-12,16H,4-6,13-14H2,1-3H3/t16-/m0/s1. The average Bonchev–Trinajstić information content (AvgIpc) is 3.44. The Bertz CT molecular complexity index is 1090. The zero-order valence-corrected chi connectivity index (χ0v) is 18.8. The SMILES string of the molecule is CCOc1cc(-c2nc([C@H]3CC(=O)N(c4ccc(F)cc4)C3)no2)cc(OCC)c1OCC. The maximum Gasteiger partial charge on any atom is 0.258 e. The zero-order chi connectivity index (χ0) is 23.4. The molecule has 1 atom stereocenters. The van der Waals surface area contributed by atoms with E-state index < -0.39 is 0 Å². The summed E-state index contributed by atoms with van der Waals surface area (Å²) in [6, 6.07) is 9.39. The van der Waals surface area contributed by atoms with Crippen LogP contribution in [0.5, 0.6) is 17.2 Å². The summed E-state index contributed by atoms with van der Waals surface area (Å²) in [6.07, 6.45) is 0.244. The molecule has 0 bridgehead atoms. The molecule has 2 aromatic carbocycles. The van der Waals surface area contributed by atoms with Crippen LogP contribution in [0.4, 0.5) is 10.1 Å². The minimum absolute atomic E-state index is 0.0729. The third kappa shape index (κ3) is 4.76. The van der Waals surface area contributed by atoms with E-state index in [0.717, 1.165) is 0 Å². The summed E-state index contributed by atoms with van der Waals surface area (Å²) in [5, 5.41) is 4.12. The van der Waals surface area contributed by atoms with Gasteiger partial charge in [-0.15, -0.1) is 0 Å². The number of amides is 1. The maximum absolute atomic E-state index is 13.2. The summed E-state index contributed by atoms with van der Waals surface area (Å²) in [7, 11) is 0. The van der Waals surface area contributed by atoms with E-state index in [9.17, 15) is 9.18 Å². The summed E-state index contributed by atoms with van der Waals surface area (Å²) < 4.78 is 36.0. The van der Waals surface area contributed by atoms with Crippen molar-refractivity contribution in [2.45, 2.75) is 33.1 Å². The third-order valence-corrected chi connectivity index (χ3v) is 5.23. The molecule has 0 N–H and O–H groups in total. The van der Waals surface area contributed by atoms with Crippen molar-refractivity contribution >= 4 is 11.6 Å². The number of hydrogen-bond donors (Lipinski definition) is 0. The highest BCUT2D eigenvalue weighted by Gasteiger charge is 2.35. The Morgan fingerprint density at radius 2 is 1.67 bits per heavy atom. The molecule has 1 amide bonds. The van der Waals surface area contributed by atoms with E-state index >= 15 is 0 Å². The van der Waals surface area contributed by atoms with Crippen LogP contribution < -0.4 is 19.1 Å². The predicted molar refractivity (Wildman–Crippen MR) is 119 cm³/mol. The van der Waals surface area contributed by atoms with Gasteiger partial charge in [-0.05, 0) is 57.2 Å². The molecule has 0 unspecified atom stereocenters. The summed E-state index contributed by atoms with van der Waals surface area (Å²) in [6.45, 7) is 7.42. The van der Waals surface area contributed by atoms with Crippen molar-refractivity contribution in [3.8, 4) is 28.7 Å². The fourth-order valence-corrected chi connectivity index (χ4v) is 3.78. The van der Waals surface area contributed by atoms with Crippen molar-refractivity contribution in [3.05, 3.63) is 48.0 Å². The molecule has 8 nitrogen and oxygen atoms in total. The van der Waals surface area contributed by atoms with E-state index in [1.807, 2.05) is 20.8 Å². The smallest absolute Gasteiger partial charge is 0.258 e. The minimum Gasteiger partial charge on any atom is -0.490 e. The molecule has 0 radical (unpaired) electrons.